The highest BCUT2D eigenvalue weighted by Crippen LogP contribution is 2.12. The van der Waals surface area contributed by atoms with Gasteiger partial charge in [-0.1, -0.05) is 6.07 Å². The van der Waals surface area contributed by atoms with Crippen LogP contribution in [0.3, 0.4) is 0 Å². The third-order valence-corrected chi connectivity index (χ3v) is 2.65. The summed E-state index contributed by atoms with van der Waals surface area (Å²) in [4.78, 5) is 23.1. The third-order valence-electron chi connectivity index (χ3n) is 2.65. The fourth-order valence-corrected chi connectivity index (χ4v) is 1.66. The first-order valence-electron chi connectivity index (χ1n) is 6.51. The van der Waals surface area contributed by atoms with E-state index in [9.17, 15) is 9.59 Å². The molecule has 0 radical (unpaired) electrons. The van der Waals surface area contributed by atoms with Crippen LogP contribution in [-0.2, 0) is 11.3 Å². The van der Waals surface area contributed by atoms with Crippen LogP contribution in [-0.4, -0.2) is 24.6 Å². The summed E-state index contributed by atoms with van der Waals surface area (Å²) in [6.07, 6.45) is -0.452. The van der Waals surface area contributed by atoms with Crippen LogP contribution in [0.4, 0.5) is 4.79 Å². The maximum atomic E-state index is 11.6. The van der Waals surface area contributed by atoms with E-state index in [-0.39, 0.29) is 5.91 Å². The molecule has 1 rings (SSSR count). The Labute approximate surface area is 119 Å². The highest BCUT2D eigenvalue weighted by Gasteiger charge is 2.16. The topological polar surface area (TPSA) is 67.4 Å². The molecule has 0 saturated carbocycles. The van der Waals surface area contributed by atoms with E-state index in [1.165, 1.54) is 0 Å². The maximum Gasteiger partial charge on any atom is 0.407 e. The Kier molecular flexibility index (Phi) is 5.13. The summed E-state index contributed by atoms with van der Waals surface area (Å²) in [7, 11) is 1.59. The molecular formula is C15H22N2O3. The standard InChI is InChI=1S/C15H22N2O3/c1-10-8-11(13(18)16-5)6-7-12(10)9-17-14(19)20-15(2,3)4/h6-8H,9H2,1-5H3,(H,16,18)(H,17,19). The number of amides is 2. The van der Waals surface area contributed by atoms with Crippen LogP contribution in [0, 0.1) is 6.92 Å². The Hall–Kier alpha value is -2.04. The summed E-state index contributed by atoms with van der Waals surface area (Å²) >= 11 is 0. The molecule has 0 aliphatic heterocycles. The molecule has 5 nitrogen and oxygen atoms in total. The number of hydrogen-bond acceptors (Lipinski definition) is 3. The lowest BCUT2D eigenvalue weighted by molar-refractivity contribution is 0.0523. The molecule has 1 aromatic rings. The minimum atomic E-state index is -0.512. The number of alkyl carbamates (subject to hydrolysis) is 1. The van der Waals surface area contributed by atoms with E-state index in [2.05, 4.69) is 10.6 Å². The van der Waals surface area contributed by atoms with Crippen LogP contribution < -0.4 is 10.6 Å². The van der Waals surface area contributed by atoms with Gasteiger partial charge in [-0.05, 0) is 51.0 Å². The fraction of sp³-hybridized carbons (Fsp3) is 0.467. The number of ether oxygens (including phenoxy) is 1. The van der Waals surface area contributed by atoms with Crippen LogP contribution in [0.5, 0.6) is 0 Å². The minimum Gasteiger partial charge on any atom is -0.444 e. The number of aryl methyl sites for hydroxylation is 1. The Morgan fingerprint density at radius 1 is 1.25 bits per heavy atom. The van der Waals surface area contributed by atoms with Gasteiger partial charge in [0.1, 0.15) is 5.60 Å². The van der Waals surface area contributed by atoms with Crippen molar-refractivity contribution in [2.75, 3.05) is 7.05 Å². The largest absolute Gasteiger partial charge is 0.444 e. The molecule has 0 bridgehead atoms. The molecule has 0 heterocycles. The van der Waals surface area contributed by atoms with Gasteiger partial charge in [0.25, 0.3) is 5.91 Å². The number of carbonyl (C=O) groups excluding carboxylic acids is 2. The van der Waals surface area contributed by atoms with Crippen molar-refractivity contribution in [2.45, 2.75) is 39.8 Å². The lowest BCUT2D eigenvalue weighted by atomic mass is 10.0. The van der Waals surface area contributed by atoms with Crippen molar-refractivity contribution < 1.29 is 14.3 Å². The van der Waals surface area contributed by atoms with Gasteiger partial charge < -0.3 is 15.4 Å². The smallest absolute Gasteiger partial charge is 0.407 e. The van der Waals surface area contributed by atoms with Crippen molar-refractivity contribution in [1.29, 1.82) is 0 Å². The van der Waals surface area contributed by atoms with Crippen LogP contribution in [0.25, 0.3) is 0 Å². The van der Waals surface area contributed by atoms with Gasteiger partial charge in [0.05, 0.1) is 0 Å². The molecule has 20 heavy (non-hydrogen) atoms. The third kappa shape index (κ3) is 4.91. The highest BCUT2D eigenvalue weighted by atomic mass is 16.6. The molecule has 110 valence electrons. The molecule has 5 heteroatoms. The summed E-state index contributed by atoms with van der Waals surface area (Å²) in [5, 5.41) is 5.27. The first-order chi connectivity index (χ1) is 9.23. The Bertz CT molecular complexity index is 504. The van der Waals surface area contributed by atoms with Gasteiger partial charge in [0.15, 0.2) is 0 Å². The average Bonchev–Trinajstić information content (AvgIpc) is 2.34. The van der Waals surface area contributed by atoms with Gasteiger partial charge in [0, 0.05) is 19.2 Å². The SMILES string of the molecule is CNC(=O)c1ccc(CNC(=O)OC(C)(C)C)c(C)c1. The van der Waals surface area contributed by atoms with Crippen molar-refractivity contribution >= 4 is 12.0 Å². The van der Waals surface area contributed by atoms with Gasteiger partial charge in [-0.3, -0.25) is 4.79 Å². The molecule has 1 aromatic carbocycles. The van der Waals surface area contributed by atoms with Gasteiger partial charge in [-0.2, -0.15) is 0 Å². The normalized spacial score (nSPS) is 10.8. The fourth-order valence-electron chi connectivity index (χ4n) is 1.66. The number of carbonyl (C=O) groups is 2. The van der Waals surface area contributed by atoms with E-state index >= 15 is 0 Å². The molecule has 0 atom stereocenters. The summed E-state index contributed by atoms with van der Waals surface area (Å²) in [5.41, 5.74) is 1.99. The molecular weight excluding hydrogens is 256 g/mol. The summed E-state index contributed by atoms with van der Waals surface area (Å²) in [6.45, 7) is 7.72. The molecule has 0 unspecified atom stereocenters. The van der Waals surface area contributed by atoms with Crippen molar-refractivity contribution in [3.8, 4) is 0 Å². The second kappa shape index (κ2) is 6.41. The van der Waals surface area contributed by atoms with Crippen molar-refractivity contribution in [3.05, 3.63) is 34.9 Å². The van der Waals surface area contributed by atoms with Crippen LogP contribution in [0.1, 0.15) is 42.3 Å². The Morgan fingerprint density at radius 3 is 2.40 bits per heavy atom. The molecule has 0 spiro atoms. The lowest BCUT2D eigenvalue weighted by Gasteiger charge is -2.20. The summed E-state index contributed by atoms with van der Waals surface area (Å²) < 4.78 is 5.16. The van der Waals surface area contributed by atoms with Crippen molar-refractivity contribution in [1.82, 2.24) is 10.6 Å². The zero-order chi connectivity index (χ0) is 15.3. The van der Waals surface area contributed by atoms with Crippen molar-refractivity contribution in [2.24, 2.45) is 0 Å². The van der Waals surface area contributed by atoms with E-state index < -0.39 is 11.7 Å². The predicted octanol–water partition coefficient (Wildman–Crippen LogP) is 2.38. The Morgan fingerprint density at radius 2 is 1.90 bits per heavy atom. The van der Waals surface area contributed by atoms with Crippen molar-refractivity contribution in [3.63, 3.8) is 0 Å². The summed E-state index contributed by atoms with van der Waals surface area (Å²) in [5.74, 6) is -0.125. The average molecular weight is 278 g/mol. The van der Waals surface area contributed by atoms with Gasteiger partial charge in [-0.15, -0.1) is 0 Å². The minimum absolute atomic E-state index is 0.125. The molecule has 0 aliphatic rings. The zero-order valence-corrected chi connectivity index (χ0v) is 12.7. The highest BCUT2D eigenvalue weighted by molar-refractivity contribution is 5.94. The Balaban J connectivity index is 2.66. The van der Waals surface area contributed by atoms with Crippen LogP contribution in [0.15, 0.2) is 18.2 Å². The van der Waals surface area contributed by atoms with E-state index in [1.807, 2.05) is 33.8 Å². The predicted molar refractivity (Wildman–Crippen MR) is 77.6 cm³/mol. The lowest BCUT2D eigenvalue weighted by Crippen LogP contribution is -2.32. The maximum absolute atomic E-state index is 11.6. The van der Waals surface area contributed by atoms with E-state index in [1.54, 1.807) is 19.2 Å². The number of benzene rings is 1. The molecule has 0 saturated heterocycles. The van der Waals surface area contributed by atoms with E-state index in [0.717, 1.165) is 11.1 Å². The molecule has 0 aromatic heterocycles. The number of rotatable bonds is 3. The first-order valence-corrected chi connectivity index (χ1v) is 6.51. The van der Waals surface area contributed by atoms with Gasteiger partial charge >= 0.3 is 6.09 Å². The molecule has 0 fully saturated rings. The molecule has 2 amide bonds. The van der Waals surface area contributed by atoms with E-state index in [4.69, 9.17) is 4.74 Å². The van der Waals surface area contributed by atoms with E-state index in [0.29, 0.717) is 12.1 Å². The second-order valence-electron chi connectivity index (χ2n) is 5.58. The van der Waals surface area contributed by atoms with Gasteiger partial charge in [-0.25, -0.2) is 4.79 Å². The quantitative estimate of drug-likeness (QED) is 0.892. The number of nitrogens with one attached hydrogen (secondary N) is 2. The molecule has 0 aliphatic carbocycles. The molecule has 2 N–H and O–H groups in total. The summed E-state index contributed by atoms with van der Waals surface area (Å²) in [6, 6.07) is 5.36. The zero-order valence-electron chi connectivity index (χ0n) is 12.7. The first kappa shape index (κ1) is 16.0. The van der Waals surface area contributed by atoms with Crippen LogP contribution in [0.2, 0.25) is 0 Å². The monoisotopic (exact) mass is 278 g/mol. The van der Waals surface area contributed by atoms with Gasteiger partial charge in [0.2, 0.25) is 0 Å². The second-order valence-corrected chi connectivity index (χ2v) is 5.58. The van der Waals surface area contributed by atoms with Crippen LogP contribution >= 0.6 is 0 Å². The number of hydrogen-bond donors (Lipinski definition) is 2.